The molecule has 0 aromatic carbocycles. The Hall–Kier alpha value is -1.50. The fourth-order valence-corrected chi connectivity index (χ4v) is 1.77. The molecule has 98 valence electrons. The molecule has 18 heavy (non-hydrogen) atoms. The second-order valence-electron chi connectivity index (χ2n) is 3.95. The molecule has 3 N–H and O–H groups in total. The van der Waals surface area contributed by atoms with Crippen molar-refractivity contribution in [2.75, 3.05) is 30.0 Å². The van der Waals surface area contributed by atoms with Gasteiger partial charge in [-0.1, -0.05) is 6.92 Å². The van der Waals surface area contributed by atoms with Crippen molar-refractivity contribution >= 4 is 34.7 Å². The van der Waals surface area contributed by atoms with Gasteiger partial charge in [-0.05, 0) is 13.2 Å². The van der Waals surface area contributed by atoms with Gasteiger partial charge >= 0.3 is 0 Å². The number of thioether (sulfide) groups is 1. The number of hydrogen-bond donors (Lipinski definition) is 3. The third kappa shape index (κ3) is 2.84. The molecule has 0 saturated carbocycles. The van der Waals surface area contributed by atoms with E-state index < -0.39 is 0 Å². The van der Waals surface area contributed by atoms with Gasteiger partial charge in [0.25, 0.3) is 0 Å². The number of nitrogens with zero attached hydrogens (tertiary/aromatic N) is 3. The summed E-state index contributed by atoms with van der Waals surface area (Å²) >= 11 is 1.82. The number of imidazole rings is 1. The Kier molecular flexibility index (Phi) is 4.24. The van der Waals surface area contributed by atoms with Crippen LogP contribution in [0, 0.1) is 0 Å². The molecule has 0 aliphatic heterocycles. The van der Waals surface area contributed by atoms with Gasteiger partial charge in [0, 0.05) is 18.3 Å². The summed E-state index contributed by atoms with van der Waals surface area (Å²) in [5, 5.41) is 6.98. The fourth-order valence-electron chi connectivity index (χ4n) is 1.52. The van der Waals surface area contributed by atoms with Crippen molar-refractivity contribution in [1.29, 1.82) is 0 Å². The summed E-state index contributed by atoms with van der Waals surface area (Å²) in [5.41, 5.74) is 1.53. The van der Waals surface area contributed by atoms with E-state index >= 15 is 0 Å². The van der Waals surface area contributed by atoms with Crippen molar-refractivity contribution in [3.8, 4) is 0 Å². The third-order valence-electron chi connectivity index (χ3n) is 2.58. The van der Waals surface area contributed by atoms with Crippen LogP contribution >= 0.6 is 11.8 Å². The van der Waals surface area contributed by atoms with Crippen molar-refractivity contribution in [1.82, 2.24) is 19.9 Å². The largest absolute Gasteiger partial charge is 0.367 e. The van der Waals surface area contributed by atoms with Crippen molar-refractivity contribution in [2.45, 2.75) is 19.1 Å². The molecule has 7 heteroatoms. The van der Waals surface area contributed by atoms with Crippen LogP contribution in [0.4, 0.5) is 11.8 Å². The molecule has 2 aromatic heterocycles. The monoisotopic (exact) mass is 266 g/mol. The van der Waals surface area contributed by atoms with Gasteiger partial charge < -0.3 is 15.6 Å². The number of H-pyrrole nitrogens is 1. The lowest BCUT2D eigenvalue weighted by atomic mass is 10.4. The van der Waals surface area contributed by atoms with Crippen LogP contribution < -0.4 is 10.6 Å². The van der Waals surface area contributed by atoms with Crippen LogP contribution in [0.2, 0.25) is 0 Å². The summed E-state index contributed by atoms with van der Waals surface area (Å²) in [4.78, 5) is 16.0. The molecule has 0 aliphatic carbocycles. The topological polar surface area (TPSA) is 78.5 Å². The van der Waals surface area contributed by atoms with Crippen LogP contribution in [0.15, 0.2) is 6.33 Å². The van der Waals surface area contributed by atoms with Crippen LogP contribution in [-0.2, 0) is 0 Å². The molecule has 0 radical (unpaired) electrons. The molecule has 2 aromatic rings. The Bertz CT molecular complexity index is 511. The molecular weight excluding hydrogens is 248 g/mol. The average molecular weight is 266 g/mol. The molecule has 6 nitrogen and oxygen atoms in total. The lowest BCUT2D eigenvalue weighted by Gasteiger charge is -2.11. The number of aromatic amines is 1. The van der Waals surface area contributed by atoms with E-state index in [0.717, 1.165) is 24.4 Å². The predicted octanol–water partition coefficient (Wildman–Crippen LogP) is 1.95. The lowest BCUT2D eigenvalue weighted by Crippen LogP contribution is -2.15. The molecule has 0 fully saturated rings. The molecule has 2 heterocycles. The van der Waals surface area contributed by atoms with E-state index in [1.54, 1.807) is 6.33 Å². The number of rotatable bonds is 6. The van der Waals surface area contributed by atoms with Gasteiger partial charge in [-0.25, -0.2) is 4.98 Å². The average Bonchev–Trinajstić information content (AvgIpc) is 2.84. The standard InChI is InChI=1S/C11H18N6S/c1-4-12-11-16-9(13-5-7(2)18-3)8-10(17-11)15-6-14-8/h6-7H,4-5H2,1-3H3,(H3,12,13,14,15,16,17). The maximum Gasteiger partial charge on any atom is 0.226 e. The molecule has 0 spiro atoms. The van der Waals surface area contributed by atoms with Crippen molar-refractivity contribution < 1.29 is 0 Å². The second kappa shape index (κ2) is 5.90. The summed E-state index contributed by atoms with van der Waals surface area (Å²) in [6, 6.07) is 0. The Labute approximate surface area is 110 Å². The Morgan fingerprint density at radius 1 is 1.39 bits per heavy atom. The van der Waals surface area contributed by atoms with Gasteiger partial charge in [0.05, 0.1) is 6.33 Å². The fraction of sp³-hybridized carbons (Fsp3) is 0.545. The van der Waals surface area contributed by atoms with Gasteiger partial charge in [0.1, 0.15) is 5.52 Å². The van der Waals surface area contributed by atoms with Crippen LogP contribution in [0.25, 0.3) is 11.2 Å². The van der Waals surface area contributed by atoms with E-state index in [4.69, 9.17) is 0 Å². The lowest BCUT2D eigenvalue weighted by molar-refractivity contribution is 0.988. The van der Waals surface area contributed by atoms with Crippen LogP contribution in [0.5, 0.6) is 0 Å². The predicted molar refractivity (Wildman–Crippen MR) is 77.3 cm³/mol. The smallest absolute Gasteiger partial charge is 0.226 e. The minimum absolute atomic E-state index is 0.528. The van der Waals surface area contributed by atoms with Crippen LogP contribution in [-0.4, -0.2) is 44.5 Å². The SMILES string of the molecule is CCNc1nc(NCC(C)SC)c2[nH]cnc2n1. The number of hydrogen-bond acceptors (Lipinski definition) is 6. The molecule has 0 aliphatic rings. The first kappa shape index (κ1) is 12.9. The minimum atomic E-state index is 0.528. The zero-order valence-electron chi connectivity index (χ0n) is 10.8. The van der Waals surface area contributed by atoms with E-state index in [9.17, 15) is 0 Å². The third-order valence-corrected chi connectivity index (χ3v) is 3.55. The maximum absolute atomic E-state index is 4.46. The van der Waals surface area contributed by atoms with Crippen molar-refractivity contribution in [3.63, 3.8) is 0 Å². The zero-order chi connectivity index (χ0) is 13.0. The molecule has 0 amide bonds. The van der Waals surface area contributed by atoms with Gasteiger partial charge in [-0.15, -0.1) is 0 Å². The van der Waals surface area contributed by atoms with E-state index in [1.165, 1.54) is 0 Å². The number of fused-ring (bicyclic) bond motifs is 1. The number of nitrogens with one attached hydrogen (secondary N) is 3. The van der Waals surface area contributed by atoms with Gasteiger partial charge in [0.15, 0.2) is 11.5 Å². The first-order valence-corrected chi connectivity index (χ1v) is 7.25. The Morgan fingerprint density at radius 2 is 2.22 bits per heavy atom. The van der Waals surface area contributed by atoms with Gasteiger partial charge in [-0.3, -0.25) is 0 Å². The Balaban J connectivity index is 2.25. The second-order valence-corrected chi connectivity index (χ2v) is 5.23. The highest BCUT2D eigenvalue weighted by Crippen LogP contribution is 2.19. The van der Waals surface area contributed by atoms with Crippen molar-refractivity contribution in [3.05, 3.63) is 6.33 Å². The highest BCUT2D eigenvalue weighted by Gasteiger charge is 2.10. The summed E-state index contributed by atoms with van der Waals surface area (Å²) in [7, 11) is 0. The molecule has 0 bridgehead atoms. The molecule has 1 atom stereocenters. The van der Waals surface area contributed by atoms with E-state index in [1.807, 2.05) is 18.7 Å². The molecule has 0 saturated heterocycles. The van der Waals surface area contributed by atoms with E-state index in [0.29, 0.717) is 16.8 Å². The summed E-state index contributed by atoms with van der Waals surface area (Å²) in [5.74, 6) is 1.41. The molecular formula is C11H18N6S. The quantitative estimate of drug-likeness (QED) is 0.741. The normalized spacial score (nSPS) is 12.6. The first-order valence-electron chi connectivity index (χ1n) is 5.96. The summed E-state index contributed by atoms with van der Waals surface area (Å²) < 4.78 is 0. The van der Waals surface area contributed by atoms with Gasteiger partial charge in [0.2, 0.25) is 5.95 Å². The van der Waals surface area contributed by atoms with Gasteiger partial charge in [-0.2, -0.15) is 21.7 Å². The molecule has 1 unspecified atom stereocenters. The number of anilines is 2. The highest BCUT2D eigenvalue weighted by atomic mass is 32.2. The van der Waals surface area contributed by atoms with Crippen LogP contribution in [0.1, 0.15) is 13.8 Å². The highest BCUT2D eigenvalue weighted by molar-refractivity contribution is 7.99. The number of aromatic nitrogens is 4. The van der Waals surface area contributed by atoms with Crippen molar-refractivity contribution in [2.24, 2.45) is 0 Å². The maximum atomic E-state index is 4.46. The minimum Gasteiger partial charge on any atom is -0.367 e. The van der Waals surface area contributed by atoms with E-state index in [2.05, 4.69) is 43.7 Å². The zero-order valence-corrected chi connectivity index (χ0v) is 11.6. The Morgan fingerprint density at radius 3 is 2.94 bits per heavy atom. The van der Waals surface area contributed by atoms with Crippen LogP contribution in [0.3, 0.4) is 0 Å². The van der Waals surface area contributed by atoms with E-state index in [-0.39, 0.29) is 0 Å². The first-order chi connectivity index (χ1) is 8.74. The summed E-state index contributed by atoms with van der Waals surface area (Å²) in [6.07, 6.45) is 3.74. The summed E-state index contributed by atoms with van der Waals surface area (Å²) in [6.45, 7) is 5.84. The molecule has 2 rings (SSSR count).